The van der Waals surface area contributed by atoms with Crippen LogP contribution in [-0.4, -0.2) is 31.7 Å². The van der Waals surface area contributed by atoms with Crippen molar-refractivity contribution in [2.24, 2.45) is 0 Å². The molecule has 1 aromatic carbocycles. The van der Waals surface area contributed by atoms with Gasteiger partial charge >= 0.3 is 0 Å². The number of ether oxygens (including phenoxy) is 2. The molecule has 0 aliphatic heterocycles. The minimum Gasteiger partial charge on any atom is -0.378 e. The van der Waals surface area contributed by atoms with Gasteiger partial charge in [-0.2, -0.15) is 0 Å². The van der Waals surface area contributed by atoms with E-state index in [1.165, 1.54) is 11.6 Å². The van der Waals surface area contributed by atoms with Crippen LogP contribution in [0.15, 0.2) is 43.0 Å². The maximum absolute atomic E-state index is 9.06. The molecule has 0 saturated carbocycles. The minimum absolute atomic E-state index is 0.226. The Hall–Kier alpha value is -1.45. The van der Waals surface area contributed by atoms with Gasteiger partial charge in [0.2, 0.25) is 0 Å². The van der Waals surface area contributed by atoms with Gasteiger partial charge in [0, 0.05) is 13.0 Å². The Morgan fingerprint density at radius 3 is 2.14 bits per heavy atom. The number of hydrogen-bond donors (Lipinski definition) is 0. The Kier molecular flexibility index (Phi) is 9.59. The van der Waals surface area contributed by atoms with Crippen molar-refractivity contribution in [3.63, 3.8) is 0 Å². The molecule has 0 radical (unpaired) electrons. The highest BCUT2D eigenvalue weighted by molar-refractivity contribution is 5.63. The summed E-state index contributed by atoms with van der Waals surface area (Å²) in [5.41, 5.74) is 1.04. The van der Waals surface area contributed by atoms with Crippen LogP contribution in [0.2, 0.25) is 0 Å². The van der Waals surface area contributed by atoms with Gasteiger partial charge in [0.15, 0.2) is 0 Å². The maximum Gasteiger partial charge on any atom is 0.142 e. The van der Waals surface area contributed by atoms with Gasteiger partial charge in [0.1, 0.15) is 6.29 Å². The van der Waals surface area contributed by atoms with Crippen LogP contribution in [0.4, 0.5) is 0 Å². The van der Waals surface area contributed by atoms with E-state index in [-0.39, 0.29) is 17.6 Å². The average Bonchev–Trinajstić information content (AvgIpc) is 2.48. The lowest BCUT2D eigenvalue weighted by Gasteiger charge is -2.33. The SMILES string of the molecule is C=CC=O.COC(C)(C)C(COC(C)C)c1ccccc1. The lowest BCUT2D eigenvalue weighted by atomic mass is 9.85. The highest BCUT2D eigenvalue weighted by atomic mass is 16.5. The van der Waals surface area contributed by atoms with Crippen LogP contribution >= 0.6 is 0 Å². The highest BCUT2D eigenvalue weighted by Crippen LogP contribution is 2.31. The molecule has 0 heterocycles. The Labute approximate surface area is 129 Å². The molecule has 21 heavy (non-hydrogen) atoms. The smallest absolute Gasteiger partial charge is 0.142 e. The van der Waals surface area contributed by atoms with E-state index >= 15 is 0 Å². The molecule has 0 saturated heterocycles. The number of carbonyl (C=O) groups is 1. The number of methoxy groups -OCH3 is 1. The summed E-state index contributed by atoms with van der Waals surface area (Å²) in [6, 6.07) is 10.4. The number of rotatable bonds is 7. The van der Waals surface area contributed by atoms with E-state index in [9.17, 15) is 0 Å². The van der Waals surface area contributed by atoms with Gasteiger partial charge in [-0.3, -0.25) is 4.79 Å². The lowest BCUT2D eigenvalue weighted by molar-refractivity contribution is -0.104. The fourth-order valence-corrected chi connectivity index (χ4v) is 1.81. The highest BCUT2D eigenvalue weighted by Gasteiger charge is 2.31. The van der Waals surface area contributed by atoms with E-state index < -0.39 is 0 Å². The van der Waals surface area contributed by atoms with Crippen LogP contribution in [0.25, 0.3) is 0 Å². The van der Waals surface area contributed by atoms with E-state index in [1.54, 1.807) is 7.11 Å². The van der Waals surface area contributed by atoms with Crippen molar-refractivity contribution < 1.29 is 14.3 Å². The Morgan fingerprint density at radius 1 is 1.24 bits per heavy atom. The molecule has 0 bridgehead atoms. The quantitative estimate of drug-likeness (QED) is 0.563. The van der Waals surface area contributed by atoms with E-state index in [4.69, 9.17) is 14.3 Å². The standard InChI is InChI=1S/C15H24O2.C3H4O/c1-12(2)17-11-14(15(3,4)16-5)13-9-7-6-8-10-13;1-2-3-4/h6-10,12,14H,11H2,1-5H3;2-3H,1H2. The van der Waals surface area contributed by atoms with Crippen LogP contribution in [-0.2, 0) is 14.3 Å². The molecule has 0 aliphatic carbocycles. The topological polar surface area (TPSA) is 35.5 Å². The Balaban J connectivity index is 0.000000885. The lowest BCUT2D eigenvalue weighted by Crippen LogP contribution is -2.35. The third-order valence-electron chi connectivity index (χ3n) is 3.26. The van der Waals surface area contributed by atoms with Gasteiger partial charge in [-0.1, -0.05) is 36.9 Å². The minimum atomic E-state index is -0.226. The molecule has 1 atom stereocenters. The molecule has 118 valence electrons. The van der Waals surface area contributed by atoms with E-state index in [0.29, 0.717) is 12.9 Å². The molecule has 3 heteroatoms. The fraction of sp³-hybridized carbons (Fsp3) is 0.500. The Bertz CT molecular complexity index is 390. The number of allylic oxidation sites excluding steroid dienone is 1. The molecule has 0 N–H and O–H groups in total. The van der Waals surface area contributed by atoms with E-state index in [1.807, 2.05) is 6.07 Å². The molecule has 3 nitrogen and oxygen atoms in total. The van der Waals surface area contributed by atoms with E-state index in [2.05, 4.69) is 58.5 Å². The molecule has 0 amide bonds. The van der Waals surface area contributed by atoms with Gasteiger partial charge in [-0.25, -0.2) is 0 Å². The third-order valence-corrected chi connectivity index (χ3v) is 3.26. The zero-order chi connectivity index (χ0) is 16.3. The van der Waals surface area contributed by atoms with E-state index in [0.717, 1.165) is 0 Å². The predicted octanol–water partition coefficient (Wildman–Crippen LogP) is 3.99. The van der Waals surface area contributed by atoms with Crippen LogP contribution in [0, 0.1) is 0 Å². The summed E-state index contributed by atoms with van der Waals surface area (Å²) in [5.74, 6) is 0.246. The summed E-state index contributed by atoms with van der Waals surface area (Å²) < 4.78 is 11.4. The molecule has 1 unspecified atom stereocenters. The van der Waals surface area contributed by atoms with Crippen molar-refractivity contribution in [2.45, 2.75) is 45.3 Å². The second-order valence-corrected chi connectivity index (χ2v) is 5.52. The molecule has 0 aromatic heterocycles. The van der Waals surface area contributed by atoms with Gasteiger partial charge in [0.05, 0.1) is 18.3 Å². The molecule has 1 rings (SSSR count). The van der Waals surface area contributed by atoms with Crippen molar-refractivity contribution in [3.05, 3.63) is 48.6 Å². The summed E-state index contributed by atoms with van der Waals surface area (Å²) >= 11 is 0. The fourth-order valence-electron chi connectivity index (χ4n) is 1.81. The van der Waals surface area contributed by atoms with Gasteiger partial charge in [-0.15, -0.1) is 0 Å². The number of hydrogen-bond acceptors (Lipinski definition) is 3. The van der Waals surface area contributed by atoms with Crippen molar-refractivity contribution in [1.82, 2.24) is 0 Å². The van der Waals surface area contributed by atoms with Crippen LogP contribution in [0.1, 0.15) is 39.2 Å². The Morgan fingerprint density at radius 2 is 1.76 bits per heavy atom. The molecular weight excluding hydrogens is 264 g/mol. The van der Waals surface area contributed by atoms with Gasteiger partial charge in [0.25, 0.3) is 0 Å². The van der Waals surface area contributed by atoms with Crippen LogP contribution < -0.4 is 0 Å². The normalized spacial score (nSPS) is 12.3. The molecule has 0 aliphatic rings. The maximum atomic E-state index is 9.06. The zero-order valence-electron chi connectivity index (χ0n) is 13.8. The summed E-state index contributed by atoms with van der Waals surface area (Å²) in [7, 11) is 1.76. The monoisotopic (exact) mass is 292 g/mol. The van der Waals surface area contributed by atoms with Crippen LogP contribution in [0.3, 0.4) is 0 Å². The number of benzene rings is 1. The first kappa shape index (κ1) is 19.6. The first-order chi connectivity index (χ1) is 9.88. The first-order valence-electron chi connectivity index (χ1n) is 7.17. The second-order valence-electron chi connectivity index (χ2n) is 5.52. The van der Waals surface area contributed by atoms with Crippen molar-refractivity contribution in [2.75, 3.05) is 13.7 Å². The molecular formula is C18H28O3. The molecule has 1 aromatic rings. The summed E-state index contributed by atoms with van der Waals surface area (Å²) in [5, 5.41) is 0. The first-order valence-corrected chi connectivity index (χ1v) is 7.17. The van der Waals surface area contributed by atoms with Crippen LogP contribution in [0.5, 0.6) is 0 Å². The third kappa shape index (κ3) is 7.78. The summed E-state index contributed by atoms with van der Waals surface area (Å²) in [4.78, 5) is 9.06. The van der Waals surface area contributed by atoms with Gasteiger partial charge < -0.3 is 9.47 Å². The van der Waals surface area contributed by atoms with Crippen molar-refractivity contribution in [3.8, 4) is 0 Å². The second kappa shape index (κ2) is 10.3. The molecule has 0 spiro atoms. The average molecular weight is 292 g/mol. The zero-order valence-corrected chi connectivity index (χ0v) is 13.8. The predicted molar refractivity (Wildman–Crippen MR) is 87.6 cm³/mol. The van der Waals surface area contributed by atoms with Crippen molar-refractivity contribution in [1.29, 1.82) is 0 Å². The summed E-state index contributed by atoms with van der Waals surface area (Å²) in [6.07, 6.45) is 2.08. The molecule has 0 fully saturated rings. The number of aldehydes is 1. The van der Waals surface area contributed by atoms with Gasteiger partial charge in [-0.05, 0) is 39.3 Å². The summed E-state index contributed by atoms with van der Waals surface area (Å²) in [6.45, 7) is 12.1. The number of carbonyl (C=O) groups excluding carboxylic acids is 1. The largest absolute Gasteiger partial charge is 0.378 e. The van der Waals surface area contributed by atoms with Crippen molar-refractivity contribution >= 4 is 6.29 Å².